The molecule has 0 nitrogen and oxygen atoms in total. The lowest BCUT2D eigenvalue weighted by molar-refractivity contribution is 0.110. The van der Waals surface area contributed by atoms with Gasteiger partial charge >= 0.3 is 0 Å². The van der Waals surface area contributed by atoms with Crippen LogP contribution in [0.5, 0.6) is 0 Å². The molecule has 4 atom stereocenters. The molecular formula is C14H16. The van der Waals surface area contributed by atoms with Crippen LogP contribution >= 0.6 is 0 Å². The lowest BCUT2D eigenvalue weighted by atomic mass is 9.61. The molecule has 1 saturated carbocycles. The van der Waals surface area contributed by atoms with Crippen molar-refractivity contribution >= 4 is 0 Å². The average Bonchev–Trinajstić information content (AvgIpc) is 2.29. The van der Waals surface area contributed by atoms with E-state index < -0.39 is 0 Å². The summed E-state index contributed by atoms with van der Waals surface area (Å²) in [4.78, 5) is 0. The molecule has 0 aromatic heterocycles. The fourth-order valence-electron chi connectivity index (χ4n) is 3.47. The Kier molecular flexibility index (Phi) is 2.02. The van der Waals surface area contributed by atoms with Crippen molar-refractivity contribution in [3.05, 3.63) is 0 Å². The topological polar surface area (TPSA) is 0 Å². The molecule has 14 heavy (non-hydrogen) atoms. The minimum absolute atomic E-state index is 0.727. The quantitative estimate of drug-likeness (QED) is 0.508. The molecule has 3 aliphatic carbocycles. The first-order chi connectivity index (χ1) is 6.95. The molecule has 0 heterocycles. The van der Waals surface area contributed by atoms with Gasteiger partial charge in [0.15, 0.2) is 0 Å². The minimum Gasteiger partial charge on any atom is -0.103 e. The van der Waals surface area contributed by atoms with Gasteiger partial charge in [-0.3, -0.25) is 0 Å². The summed E-state index contributed by atoms with van der Waals surface area (Å²) in [6.07, 6.45) is 7.54. The second kappa shape index (κ2) is 3.36. The zero-order valence-corrected chi connectivity index (χ0v) is 8.55. The molecule has 0 aliphatic heterocycles. The van der Waals surface area contributed by atoms with Crippen molar-refractivity contribution in [1.82, 2.24) is 0 Å². The van der Waals surface area contributed by atoms with E-state index in [-0.39, 0.29) is 0 Å². The number of hydrogen-bond donors (Lipinski definition) is 0. The van der Waals surface area contributed by atoms with E-state index >= 15 is 0 Å². The first-order valence-corrected chi connectivity index (χ1v) is 5.89. The molecule has 0 N–H and O–H groups in total. The Hall–Kier alpha value is -0.880. The SMILES string of the molecule is C1#CC2CCC3CC#CCC3C2CC1. The van der Waals surface area contributed by atoms with Crippen molar-refractivity contribution in [2.45, 2.75) is 38.5 Å². The standard InChI is InChI=1S/C14H16/c1-3-7-13-11(5-1)9-10-12-6-2-4-8-14(12)13/h11-14H,3,6-10H2. The number of fused-ring (bicyclic) bond motifs is 3. The van der Waals surface area contributed by atoms with Gasteiger partial charge < -0.3 is 0 Å². The maximum atomic E-state index is 3.46. The van der Waals surface area contributed by atoms with Gasteiger partial charge in [-0.1, -0.05) is 5.92 Å². The van der Waals surface area contributed by atoms with Crippen molar-refractivity contribution in [3.8, 4) is 23.7 Å². The molecule has 0 heteroatoms. The first-order valence-electron chi connectivity index (χ1n) is 5.89. The third-order valence-electron chi connectivity index (χ3n) is 4.24. The average molecular weight is 184 g/mol. The van der Waals surface area contributed by atoms with Crippen LogP contribution in [0, 0.1) is 47.4 Å². The molecule has 72 valence electrons. The molecule has 3 aliphatic rings. The molecule has 3 rings (SSSR count). The van der Waals surface area contributed by atoms with Gasteiger partial charge in [-0.2, -0.15) is 0 Å². The maximum absolute atomic E-state index is 3.46. The van der Waals surface area contributed by atoms with E-state index in [1.807, 2.05) is 0 Å². The Labute approximate surface area is 86.5 Å². The van der Waals surface area contributed by atoms with E-state index in [1.54, 1.807) is 0 Å². The fourth-order valence-corrected chi connectivity index (χ4v) is 3.47. The zero-order valence-electron chi connectivity index (χ0n) is 8.55. The van der Waals surface area contributed by atoms with Crippen molar-refractivity contribution in [3.63, 3.8) is 0 Å². The highest BCUT2D eigenvalue weighted by atomic mass is 14.4. The summed E-state index contributed by atoms with van der Waals surface area (Å²) in [6.45, 7) is 0. The highest BCUT2D eigenvalue weighted by Gasteiger charge is 2.39. The highest BCUT2D eigenvalue weighted by Crippen LogP contribution is 2.45. The Morgan fingerprint density at radius 2 is 1.71 bits per heavy atom. The van der Waals surface area contributed by atoms with Crippen LogP contribution in [0.15, 0.2) is 0 Å². The van der Waals surface area contributed by atoms with Gasteiger partial charge in [-0.25, -0.2) is 0 Å². The molecule has 0 bridgehead atoms. The molecular weight excluding hydrogens is 168 g/mol. The van der Waals surface area contributed by atoms with E-state index in [2.05, 4.69) is 23.7 Å². The van der Waals surface area contributed by atoms with Gasteiger partial charge in [0.1, 0.15) is 0 Å². The van der Waals surface area contributed by atoms with E-state index in [0.717, 1.165) is 36.5 Å². The minimum atomic E-state index is 0.727. The summed E-state index contributed by atoms with van der Waals surface area (Å²) < 4.78 is 0. The molecule has 0 aromatic rings. The van der Waals surface area contributed by atoms with E-state index in [4.69, 9.17) is 0 Å². The van der Waals surface area contributed by atoms with Crippen LogP contribution in [-0.4, -0.2) is 0 Å². The van der Waals surface area contributed by atoms with Gasteiger partial charge in [0.05, 0.1) is 0 Å². The van der Waals surface area contributed by atoms with Gasteiger partial charge in [-0.05, 0) is 37.0 Å². The van der Waals surface area contributed by atoms with Gasteiger partial charge in [-0.15, -0.1) is 17.8 Å². The van der Waals surface area contributed by atoms with Gasteiger partial charge in [0.25, 0.3) is 0 Å². The Balaban J connectivity index is 1.86. The number of hydrogen-bond acceptors (Lipinski definition) is 0. The van der Waals surface area contributed by atoms with Gasteiger partial charge in [0, 0.05) is 25.2 Å². The normalized spacial score (nSPS) is 43.4. The molecule has 0 radical (unpaired) electrons. The summed E-state index contributed by atoms with van der Waals surface area (Å²) in [6, 6.07) is 0. The van der Waals surface area contributed by atoms with E-state index in [0.29, 0.717) is 0 Å². The van der Waals surface area contributed by atoms with Crippen molar-refractivity contribution in [2.75, 3.05) is 0 Å². The third-order valence-corrected chi connectivity index (χ3v) is 4.24. The Bertz CT molecular complexity index is 344. The molecule has 0 aromatic carbocycles. The summed E-state index contributed by atoms with van der Waals surface area (Å²) >= 11 is 0. The summed E-state index contributed by atoms with van der Waals surface area (Å²) in [5, 5.41) is 0. The molecule has 1 fully saturated rings. The van der Waals surface area contributed by atoms with Gasteiger partial charge in [0.2, 0.25) is 0 Å². The molecule has 0 amide bonds. The molecule has 4 unspecified atom stereocenters. The van der Waals surface area contributed by atoms with Crippen LogP contribution in [0.4, 0.5) is 0 Å². The monoisotopic (exact) mass is 184 g/mol. The zero-order chi connectivity index (χ0) is 9.38. The van der Waals surface area contributed by atoms with Crippen molar-refractivity contribution < 1.29 is 0 Å². The second-order valence-electron chi connectivity index (χ2n) is 4.89. The van der Waals surface area contributed by atoms with Crippen LogP contribution in [0.3, 0.4) is 0 Å². The number of rotatable bonds is 0. The second-order valence-corrected chi connectivity index (χ2v) is 4.89. The molecule has 0 saturated heterocycles. The Morgan fingerprint density at radius 3 is 2.71 bits per heavy atom. The predicted octanol–water partition coefficient (Wildman–Crippen LogP) is 2.84. The van der Waals surface area contributed by atoms with Crippen LogP contribution in [-0.2, 0) is 0 Å². The maximum Gasteiger partial charge on any atom is 0.0234 e. The smallest absolute Gasteiger partial charge is 0.0234 e. The first kappa shape index (κ1) is 8.43. The fraction of sp³-hybridized carbons (Fsp3) is 0.714. The third kappa shape index (κ3) is 1.26. The van der Waals surface area contributed by atoms with Crippen LogP contribution < -0.4 is 0 Å². The van der Waals surface area contributed by atoms with Crippen molar-refractivity contribution in [1.29, 1.82) is 0 Å². The highest BCUT2D eigenvalue weighted by molar-refractivity contribution is 5.16. The lowest BCUT2D eigenvalue weighted by Gasteiger charge is -2.42. The van der Waals surface area contributed by atoms with E-state index in [1.165, 1.54) is 25.7 Å². The van der Waals surface area contributed by atoms with Crippen LogP contribution in [0.25, 0.3) is 0 Å². The van der Waals surface area contributed by atoms with E-state index in [9.17, 15) is 0 Å². The summed E-state index contributed by atoms with van der Waals surface area (Å²) in [5.41, 5.74) is 0. The lowest BCUT2D eigenvalue weighted by Crippen LogP contribution is -2.36. The van der Waals surface area contributed by atoms with Crippen LogP contribution in [0.2, 0.25) is 0 Å². The Morgan fingerprint density at radius 1 is 0.786 bits per heavy atom. The predicted molar refractivity (Wildman–Crippen MR) is 57.2 cm³/mol. The summed E-state index contributed by atoms with van der Waals surface area (Å²) in [7, 11) is 0. The van der Waals surface area contributed by atoms with Crippen LogP contribution in [0.1, 0.15) is 38.5 Å². The molecule has 0 spiro atoms. The summed E-state index contributed by atoms with van der Waals surface area (Å²) in [5.74, 6) is 16.8. The largest absolute Gasteiger partial charge is 0.103 e. The van der Waals surface area contributed by atoms with Crippen molar-refractivity contribution in [2.24, 2.45) is 23.7 Å².